The van der Waals surface area contributed by atoms with Crippen molar-refractivity contribution < 1.29 is 19.1 Å². The number of rotatable bonds is 16. The minimum Gasteiger partial charge on any atom is -0.492 e. The number of hydrogen-bond donors (Lipinski definition) is 4. The number of Topliss-reactive ketones (excluding diaryl/α,β-unsaturated/α-hetero) is 1. The van der Waals surface area contributed by atoms with Crippen LogP contribution in [0, 0.1) is 0 Å². The van der Waals surface area contributed by atoms with Crippen molar-refractivity contribution in [2.45, 2.75) is 71.4 Å². The molecule has 0 spiro atoms. The Hall–Kier alpha value is -4.41. The van der Waals surface area contributed by atoms with Crippen molar-refractivity contribution in [3.63, 3.8) is 0 Å². The van der Waals surface area contributed by atoms with E-state index in [2.05, 4.69) is 74.3 Å². The summed E-state index contributed by atoms with van der Waals surface area (Å²) in [6.45, 7) is 9.91. The average molecular weight is 1050 g/mol. The summed E-state index contributed by atoms with van der Waals surface area (Å²) >= 11 is 11.1. The van der Waals surface area contributed by atoms with Crippen LogP contribution in [0.4, 0.5) is 22.3 Å². The molecule has 3 heterocycles. The summed E-state index contributed by atoms with van der Waals surface area (Å²) in [6.07, 6.45) is 6.74. The number of likely N-dealkylation sites (N-methyl/N-ethyl adjacent to an activating group) is 2. The molecule has 2 aliphatic heterocycles. The molecular formula is C50H66BrN8O4PS3. The summed E-state index contributed by atoms with van der Waals surface area (Å²) in [5.41, 5.74) is 17.3. The van der Waals surface area contributed by atoms with E-state index in [1.807, 2.05) is 104 Å². The largest absolute Gasteiger partial charge is 0.492 e. The lowest BCUT2D eigenvalue weighted by Crippen LogP contribution is -2.30. The molecule has 2 unspecified atom stereocenters. The molecule has 0 radical (unpaired) electrons. The number of halogens is 1. The number of ether oxygens (including phenoxy) is 2. The number of thiocarbonyl (C=S) groups is 1. The Bertz CT molecular complexity index is 2370. The number of nitrogens with zero attached hydrogens (tertiary/aromatic N) is 4. The fourth-order valence-electron chi connectivity index (χ4n) is 7.24. The number of likely N-dealkylation sites (tertiary alicyclic amines) is 2. The summed E-state index contributed by atoms with van der Waals surface area (Å²) in [7, 11) is 4.30. The van der Waals surface area contributed by atoms with Crippen molar-refractivity contribution in [3.8, 4) is 11.5 Å². The van der Waals surface area contributed by atoms with Crippen LogP contribution in [0.2, 0.25) is 0 Å². The molecule has 1 aromatic heterocycles. The summed E-state index contributed by atoms with van der Waals surface area (Å²) in [5, 5.41) is 8.12. The minimum atomic E-state index is -0.0982. The van der Waals surface area contributed by atoms with Gasteiger partial charge in [-0.05, 0) is 155 Å². The summed E-state index contributed by atoms with van der Waals surface area (Å²) in [5.74, 6) is 2.88. The molecule has 7 rings (SSSR count). The zero-order valence-corrected chi connectivity index (χ0v) is 44.7. The molecule has 2 fully saturated rings. The highest BCUT2D eigenvalue weighted by Crippen LogP contribution is 2.31. The molecule has 12 nitrogen and oxygen atoms in total. The van der Waals surface area contributed by atoms with Crippen molar-refractivity contribution >= 4 is 105 Å². The molecule has 0 saturated carbocycles. The smallest absolute Gasteiger partial charge is 0.206 e. The lowest BCUT2D eigenvalue weighted by atomic mass is 10.1. The number of aliphatic imine (C=N–C) groups is 1. The van der Waals surface area contributed by atoms with Gasteiger partial charge in [-0.25, -0.2) is 4.98 Å². The standard InChI is InChI=1S/C24H28N4O2S.C16H24N4OS2.C10H11BrO.H3P/c1-3-16-6-4-7-17(14-16)21(29)22-23(25)27-24(31-22)26-18-9-11-20(12-10-18)30-15-19-8-5-13-28(19)2;1-3-23-15(17)19-16(22)18-12-6-8-14(9-7-12)21-11-13-5-4-10-20(13)2;1-2-8-4-3-5-9(6-8)10(12)7-11;/h4,6-7,9-12,14,19H,3,5,8,13,15,25H2,1-2H3,(H,26,27);6-9,13H,3-5,10-11H2,1-2H3,(H3,17,18,19,22);3-6H,2,7H2,1H3;1H3/t;13-;;/m.0../s1. The summed E-state index contributed by atoms with van der Waals surface area (Å²) < 4.78 is 11.8. The zero-order chi connectivity index (χ0) is 47.4. The van der Waals surface area contributed by atoms with Gasteiger partial charge in [-0.2, -0.15) is 14.9 Å². The predicted molar refractivity (Wildman–Crippen MR) is 295 cm³/mol. The van der Waals surface area contributed by atoms with E-state index < -0.39 is 0 Å². The van der Waals surface area contributed by atoms with E-state index in [0.717, 1.165) is 72.3 Å². The van der Waals surface area contributed by atoms with E-state index in [9.17, 15) is 9.59 Å². The number of alkyl halides is 1. The molecule has 2 aliphatic rings. The van der Waals surface area contributed by atoms with Gasteiger partial charge in [0.2, 0.25) is 5.78 Å². The minimum absolute atomic E-state index is 0. The molecule has 6 N–H and O–H groups in total. The molecule has 5 aromatic rings. The van der Waals surface area contributed by atoms with Crippen LogP contribution in [0.3, 0.4) is 0 Å². The second-order valence-electron chi connectivity index (χ2n) is 15.9. The maximum absolute atomic E-state index is 12.9. The Balaban J connectivity index is 0.000000239. The van der Waals surface area contributed by atoms with Crippen LogP contribution in [-0.2, 0) is 12.8 Å². The molecular weight excluding hydrogens is 984 g/mol. The maximum Gasteiger partial charge on any atom is 0.206 e. The normalized spacial score (nSPS) is 15.8. The van der Waals surface area contributed by atoms with E-state index >= 15 is 0 Å². The van der Waals surface area contributed by atoms with Crippen LogP contribution >= 0.6 is 61.1 Å². The van der Waals surface area contributed by atoms with Gasteiger partial charge in [0.15, 0.2) is 21.2 Å². The molecule has 0 amide bonds. The average Bonchev–Trinajstić information content (AvgIpc) is 4.06. The Kier molecular flexibility index (Phi) is 23.7. The fraction of sp³-hybridized carbons (Fsp3) is 0.380. The number of carbonyl (C=O) groups is 2. The monoisotopic (exact) mass is 1050 g/mol. The number of aryl methyl sites for hydroxylation is 2. The third-order valence-corrected chi connectivity index (χ3v) is 13.5. The van der Waals surface area contributed by atoms with Crippen LogP contribution in [0.15, 0.2) is 102 Å². The van der Waals surface area contributed by atoms with E-state index in [1.54, 1.807) is 0 Å². The number of thioether (sulfide) groups is 1. The van der Waals surface area contributed by atoms with Crippen molar-refractivity contribution in [1.82, 2.24) is 14.8 Å². The number of nitrogens with two attached hydrogens (primary N) is 2. The Labute approximate surface area is 422 Å². The number of nitrogens with one attached hydrogen (secondary N) is 2. The zero-order valence-electron chi connectivity index (χ0n) is 39.3. The van der Waals surface area contributed by atoms with Crippen molar-refractivity contribution in [2.24, 2.45) is 10.7 Å². The van der Waals surface area contributed by atoms with E-state index in [-0.39, 0.29) is 27.3 Å². The number of aromatic nitrogens is 1. The number of nitrogen functional groups attached to an aromatic ring is 1. The number of hydrogen-bond acceptors (Lipinski definition) is 12. The number of benzene rings is 4. The first-order valence-electron chi connectivity index (χ1n) is 22.4. The van der Waals surface area contributed by atoms with Gasteiger partial charge < -0.3 is 41.4 Å². The van der Waals surface area contributed by atoms with Crippen molar-refractivity contribution in [3.05, 3.63) is 124 Å². The number of carbonyl (C=O) groups excluding carboxylic acids is 2. The third kappa shape index (κ3) is 17.9. The van der Waals surface area contributed by atoms with E-state index in [4.69, 9.17) is 33.2 Å². The fourth-order valence-corrected chi connectivity index (χ4v) is 9.16. The van der Waals surface area contributed by atoms with Gasteiger partial charge in [-0.1, -0.05) is 96.2 Å². The molecule has 360 valence electrons. The van der Waals surface area contributed by atoms with Crippen LogP contribution in [0.25, 0.3) is 0 Å². The van der Waals surface area contributed by atoms with Gasteiger partial charge in [0.1, 0.15) is 35.4 Å². The Morgan fingerprint density at radius 1 is 0.836 bits per heavy atom. The van der Waals surface area contributed by atoms with Crippen LogP contribution < -0.4 is 31.6 Å². The first-order chi connectivity index (χ1) is 31.9. The SMILES string of the molecule is CCSC(N)=NC(=S)Nc1ccc(OC[C@@H]2CCCN2C)cc1.CCc1cccc(C(=O)CBr)c1.CCc1cccc(C(=O)c2sc(Nc3ccc(OCC4CCCN4C)cc3)nc2N)c1.P. The lowest BCUT2D eigenvalue weighted by Gasteiger charge is -2.19. The van der Waals surface area contributed by atoms with Crippen molar-refractivity contribution in [1.29, 1.82) is 0 Å². The molecule has 17 heteroatoms. The van der Waals surface area contributed by atoms with Gasteiger partial charge in [-0.15, -0.1) is 0 Å². The summed E-state index contributed by atoms with van der Waals surface area (Å²) in [6, 6.07) is 31.9. The highest BCUT2D eigenvalue weighted by atomic mass is 79.9. The number of anilines is 4. The maximum atomic E-state index is 12.9. The van der Waals surface area contributed by atoms with Crippen molar-refractivity contribution in [2.75, 3.05) is 67.8 Å². The number of ketones is 2. The first-order valence-corrected chi connectivity index (χ1v) is 25.7. The third-order valence-electron chi connectivity index (χ3n) is 11.2. The molecule has 3 atom stereocenters. The molecule has 2 saturated heterocycles. The predicted octanol–water partition coefficient (Wildman–Crippen LogP) is 10.5. The quantitative estimate of drug-likeness (QED) is 0.0185. The van der Waals surface area contributed by atoms with Gasteiger partial charge in [0.25, 0.3) is 0 Å². The second kappa shape index (κ2) is 28.8. The molecule has 0 aliphatic carbocycles. The Morgan fingerprint density at radius 2 is 1.36 bits per heavy atom. The molecule has 4 aromatic carbocycles. The van der Waals surface area contributed by atoms with Gasteiger partial charge >= 0.3 is 0 Å². The van der Waals surface area contributed by atoms with Crippen LogP contribution in [0.1, 0.15) is 83.2 Å². The summed E-state index contributed by atoms with van der Waals surface area (Å²) in [4.78, 5) is 37.7. The highest BCUT2D eigenvalue weighted by molar-refractivity contribution is 9.09. The lowest BCUT2D eigenvalue weighted by molar-refractivity contribution is 0.102. The van der Waals surface area contributed by atoms with Crippen LogP contribution in [-0.4, -0.2) is 100 Å². The molecule has 67 heavy (non-hydrogen) atoms. The topological polar surface area (TPSA) is 160 Å². The molecule has 0 bridgehead atoms. The van der Waals surface area contributed by atoms with Gasteiger partial charge in [0, 0.05) is 34.6 Å². The first kappa shape index (κ1) is 55.2. The second-order valence-corrected chi connectivity index (χ2v) is 19.1. The van der Waals surface area contributed by atoms with Gasteiger partial charge in [-0.3, -0.25) is 9.59 Å². The van der Waals surface area contributed by atoms with Gasteiger partial charge in [0.05, 0.1) is 5.33 Å². The van der Waals surface area contributed by atoms with E-state index in [0.29, 0.717) is 49.9 Å². The number of amidine groups is 1. The van der Waals surface area contributed by atoms with Crippen LogP contribution in [0.5, 0.6) is 11.5 Å². The number of thiazole rings is 1. The highest BCUT2D eigenvalue weighted by Gasteiger charge is 2.23. The Morgan fingerprint density at radius 3 is 1.85 bits per heavy atom. The van der Waals surface area contributed by atoms with E-state index in [1.165, 1.54) is 54.3 Å².